The third-order valence-electron chi connectivity index (χ3n) is 3.45. The Hall–Kier alpha value is -3.31. The Balaban J connectivity index is 0.00000133. The first-order valence-electron chi connectivity index (χ1n) is 8.70. The van der Waals surface area contributed by atoms with E-state index >= 15 is 0 Å². The molecule has 0 saturated heterocycles. The lowest BCUT2D eigenvalue weighted by atomic mass is 10.1. The van der Waals surface area contributed by atoms with Gasteiger partial charge in [0.15, 0.2) is 5.75 Å². The molecule has 28 heavy (non-hydrogen) atoms. The lowest BCUT2D eigenvalue weighted by molar-refractivity contribution is 0.0824. The lowest BCUT2D eigenvalue weighted by Gasteiger charge is -2.22. The average Bonchev–Trinajstić information content (AvgIpc) is 2.69. The third-order valence-corrected chi connectivity index (χ3v) is 3.45. The molecule has 2 rings (SSSR count). The topological polar surface area (TPSA) is 116 Å². The zero-order chi connectivity index (χ0) is 22.0. The van der Waals surface area contributed by atoms with Gasteiger partial charge in [-0.05, 0) is 19.1 Å². The number of amides is 1. The molecule has 0 spiro atoms. The van der Waals surface area contributed by atoms with Crippen molar-refractivity contribution in [3.8, 4) is 18.6 Å². The number of nitrogens with two attached hydrogens (primary N) is 1. The van der Waals surface area contributed by atoms with Crippen molar-refractivity contribution in [1.82, 2.24) is 4.90 Å². The van der Waals surface area contributed by atoms with Crippen molar-refractivity contribution < 1.29 is 9.90 Å². The smallest absolute Gasteiger partial charge is 0.257 e. The van der Waals surface area contributed by atoms with E-state index in [0.29, 0.717) is 6.54 Å². The van der Waals surface area contributed by atoms with Gasteiger partial charge in [0.1, 0.15) is 11.4 Å². The predicted molar refractivity (Wildman–Crippen MR) is 114 cm³/mol. The summed E-state index contributed by atoms with van der Waals surface area (Å²) in [4.78, 5) is 36.7. The molecule has 4 N–H and O–H groups in total. The molecular weight excluding hydrogens is 360 g/mol. The highest BCUT2D eigenvalue weighted by atomic mass is 16.3. The predicted octanol–water partition coefficient (Wildman–Crippen LogP) is 1.80. The van der Waals surface area contributed by atoms with Gasteiger partial charge in [-0.1, -0.05) is 26.3 Å². The molecule has 0 fully saturated rings. The number of nitrogens with zero attached hydrogens (tertiary/aromatic N) is 2. The number of hydrazine groups is 1. The van der Waals surface area contributed by atoms with Crippen LogP contribution in [0.2, 0.25) is 0 Å². The number of para-hydroxylation sites is 1. The molecule has 0 atom stereocenters. The number of hydrogen-bond donors (Lipinski definition) is 3. The van der Waals surface area contributed by atoms with Crippen LogP contribution in [0.4, 0.5) is 17.1 Å². The summed E-state index contributed by atoms with van der Waals surface area (Å²) in [5, 5.41) is 14.1. The minimum absolute atomic E-state index is 0.00380. The fourth-order valence-electron chi connectivity index (χ4n) is 2.12. The van der Waals surface area contributed by atoms with Crippen molar-refractivity contribution in [1.29, 1.82) is 0 Å². The fourth-order valence-corrected chi connectivity index (χ4v) is 2.12. The maximum Gasteiger partial charge on any atom is 0.257 e. The number of terminal acetylenes is 1. The summed E-state index contributed by atoms with van der Waals surface area (Å²) in [6.07, 6.45) is 9.25. The molecule has 0 aliphatic heterocycles. The zero-order valence-electron chi connectivity index (χ0n) is 16.9. The molecule has 0 bridgehead atoms. The largest absolute Gasteiger partial charge is 0.505 e. The van der Waals surface area contributed by atoms with E-state index in [-0.39, 0.29) is 34.3 Å². The van der Waals surface area contributed by atoms with E-state index in [2.05, 4.69) is 32.0 Å². The number of phenolic OH excluding ortho intramolecular Hbond substituents is 1. The standard InChI is InChI=1S/C15H18N4O4.C3H8.C2H2/c1-4-19(16)11-10(13(21)14(11)22)17-9-7-5-6-8(12(9)20)15(23)18(2)3;1-3-2;1-2/h5-7,17,20H,4,16H2,1-3H3;3H2,1-2H3;1-2H. The van der Waals surface area contributed by atoms with E-state index in [1.165, 1.54) is 23.5 Å². The van der Waals surface area contributed by atoms with E-state index in [1.54, 1.807) is 27.1 Å². The molecule has 8 heteroatoms. The van der Waals surface area contributed by atoms with Crippen LogP contribution in [0, 0.1) is 12.8 Å². The van der Waals surface area contributed by atoms with Gasteiger partial charge in [0, 0.05) is 20.6 Å². The fraction of sp³-hybridized carbons (Fsp3) is 0.350. The molecule has 0 aromatic heterocycles. The van der Waals surface area contributed by atoms with Crippen molar-refractivity contribution >= 4 is 23.0 Å². The molecule has 2 aromatic carbocycles. The summed E-state index contributed by atoms with van der Waals surface area (Å²) >= 11 is 0. The Morgan fingerprint density at radius 1 is 1.14 bits per heavy atom. The molecule has 152 valence electrons. The first kappa shape index (κ1) is 24.7. The number of phenols is 1. The van der Waals surface area contributed by atoms with Crippen LogP contribution in [0.15, 0.2) is 27.8 Å². The average molecular weight is 388 g/mol. The number of rotatable bonds is 5. The second-order valence-electron chi connectivity index (χ2n) is 5.90. The molecule has 0 aliphatic rings. The summed E-state index contributed by atoms with van der Waals surface area (Å²) in [5.74, 6) is 4.99. The van der Waals surface area contributed by atoms with Crippen molar-refractivity contribution in [3.05, 3.63) is 44.2 Å². The molecule has 0 heterocycles. The SMILES string of the molecule is C#C.CCC.CCN(N)c1c(Nc2cccc(C(=O)N(C)C)c2O)c(=O)c1=O. The van der Waals surface area contributed by atoms with Gasteiger partial charge in [-0.3, -0.25) is 14.4 Å². The van der Waals surface area contributed by atoms with E-state index < -0.39 is 10.9 Å². The van der Waals surface area contributed by atoms with Crippen molar-refractivity contribution in [2.75, 3.05) is 31.0 Å². The minimum atomic E-state index is -0.715. The van der Waals surface area contributed by atoms with Crippen molar-refractivity contribution in [3.63, 3.8) is 0 Å². The maximum atomic E-state index is 12.0. The van der Waals surface area contributed by atoms with Gasteiger partial charge < -0.3 is 20.3 Å². The molecule has 2 aromatic rings. The zero-order valence-corrected chi connectivity index (χ0v) is 16.9. The van der Waals surface area contributed by atoms with Crippen LogP contribution in [-0.4, -0.2) is 36.6 Å². The third kappa shape index (κ3) is 5.34. The van der Waals surface area contributed by atoms with Gasteiger partial charge in [0.05, 0.1) is 11.3 Å². The Kier molecular flexibility index (Phi) is 10.1. The van der Waals surface area contributed by atoms with Crippen LogP contribution in [-0.2, 0) is 0 Å². The van der Waals surface area contributed by atoms with E-state index in [4.69, 9.17) is 5.84 Å². The summed E-state index contributed by atoms with van der Waals surface area (Å²) in [7, 11) is 3.12. The molecule has 0 saturated carbocycles. The molecule has 8 nitrogen and oxygen atoms in total. The van der Waals surface area contributed by atoms with Crippen LogP contribution in [0.1, 0.15) is 37.6 Å². The Labute approximate surface area is 165 Å². The summed E-state index contributed by atoms with van der Waals surface area (Å²) in [5.41, 5.74) is -1.11. The van der Waals surface area contributed by atoms with Crippen molar-refractivity contribution in [2.45, 2.75) is 27.2 Å². The van der Waals surface area contributed by atoms with Crippen LogP contribution < -0.4 is 27.0 Å². The van der Waals surface area contributed by atoms with Gasteiger partial charge in [0.25, 0.3) is 16.8 Å². The Morgan fingerprint density at radius 3 is 2.14 bits per heavy atom. The molecule has 0 aliphatic carbocycles. The van der Waals surface area contributed by atoms with Gasteiger partial charge in [-0.15, -0.1) is 12.8 Å². The van der Waals surface area contributed by atoms with E-state index in [9.17, 15) is 19.5 Å². The quantitative estimate of drug-likeness (QED) is 0.235. The number of hydrogen-bond acceptors (Lipinski definition) is 7. The second-order valence-corrected chi connectivity index (χ2v) is 5.90. The van der Waals surface area contributed by atoms with Crippen molar-refractivity contribution in [2.24, 2.45) is 5.84 Å². The van der Waals surface area contributed by atoms with Crippen LogP contribution >= 0.6 is 0 Å². The summed E-state index contributed by atoms with van der Waals surface area (Å²) in [6, 6.07) is 4.52. The first-order chi connectivity index (χ1) is 13.2. The number of aromatic hydroxyl groups is 1. The Bertz CT molecular complexity index is 880. The maximum absolute atomic E-state index is 12.0. The number of carbonyl (C=O) groups is 1. The van der Waals surface area contributed by atoms with Crippen LogP contribution in [0.3, 0.4) is 0 Å². The molecular formula is C20H28N4O4. The van der Waals surface area contributed by atoms with Gasteiger partial charge in [-0.25, -0.2) is 5.84 Å². The lowest BCUT2D eigenvalue weighted by Crippen LogP contribution is -2.45. The minimum Gasteiger partial charge on any atom is -0.505 e. The highest BCUT2D eigenvalue weighted by Crippen LogP contribution is 2.32. The Morgan fingerprint density at radius 2 is 1.68 bits per heavy atom. The molecule has 0 radical (unpaired) electrons. The van der Waals surface area contributed by atoms with Gasteiger partial charge in [0.2, 0.25) is 0 Å². The second kappa shape index (κ2) is 11.4. The first-order valence-corrected chi connectivity index (χ1v) is 8.70. The normalized spacial score (nSPS) is 9.43. The number of carbonyl (C=O) groups excluding carboxylic acids is 1. The van der Waals surface area contributed by atoms with E-state index in [0.717, 1.165) is 5.01 Å². The highest BCUT2D eigenvalue weighted by molar-refractivity contribution is 5.99. The molecule has 0 unspecified atom stereocenters. The summed E-state index contributed by atoms with van der Waals surface area (Å²) in [6.45, 7) is 6.32. The number of benzene rings is 1. The van der Waals surface area contributed by atoms with Gasteiger partial charge >= 0.3 is 0 Å². The van der Waals surface area contributed by atoms with Gasteiger partial charge in [-0.2, -0.15) is 0 Å². The summed E-state index contributed by atoms with van der Waals surface area (Å²) < 4.78 is 0. The van der Waals surface area contributed by atoms with E-state index in [1.807, 2.05) is 0 Å². The highest BCUT2D eigenvalue weighted by Gasteiger charge is 2.25. The number of anilines is 3. The monoisotopic (exact) mass is 388 g/mol. The van der Waals surface area contributed by atoms with Crippen LogP contribution in [0.25, 0.3) is 0 Å². The molecule has 1 amide bonds. The number of nitrogens with one attached hydrogen (secondary N) is 1. The van der Waals surface area contributed by atoms with Crippen LogP contribution in [0.5, 0.6) is 5.75 Å².